The van der Waals surface area contributed by atoms with E-state index in [-0.39, 0.29) is 24.3 Å². The van der Waals surface area contributed by atoms with E-state index in [1.165, 1.54) is 6.07 Å². The average Bonchev–Trinajstić information content (AvgIpc) is 2.38. The summed E-state index contributed by atoms with van der Waals surface area (Å²) in [4.78, 5) is 10.7. The molecule has 0 saturated carbocycles. The molecule has 1 heterocycles. The molecule has 2 atom stereocenters. The molecule has 1 aliphatic heterocycles. The second kappa shape index (κ2) is 5.05. The van der Waals surface area contributed by atoms with Crippen molar-refractivity contribution in [1.29, 1.82) is 0 Å². The van der Waals surface area contributed by atoms with E-state index in [4.69, 9.17) is 4.74 Å². The van der Waals surface area contributed by atoms with E-state index in [2.05, 4.69) is 0 Å². The number of hydrogen-bond donors (Lipinski definition) is 1. The number of aliphatic hydroxyl groups is 1. The van der Waals surface area contributed by atoms with E-state index < -0.39 is 36.2 Å². The van der Waals surface area contributed by atoms with Crippen molar-refractivity contribution in [3.8, 4) is 5.75 Å². The van der Waals surface area contributed by atoms with Crippen LogP contribution < -0.4 is 4.74 Å². The van der Waals surface area contributed by atoms with Crippen LogP contribution in [-0.2, 0) is 4.79 Å². The first kappa shape index (κ1) is 14.8. The van der Waals surface area contributed by atoms with Crippen molar-refractivity contribution in [2.24, 2.45) is 0 Å². The number of aldehydes is 1. The van der Waals surface area contributed by atoms with Gasteiger partial charge in [0.25, 0.3) is 0 Å². The van der Waals surface area contributed by atoms with Crippen molar-refractivity contribution in [2.45, 2.75) is 30.5 Å². The Morgan fingerprint density at radius 3 is 2.70 bits per heavy atom. The quantitative estimate of drug-likeness (QED) is 0.688. The van der Waals surface area contributed by atoms with Crippen LogP contribution in [-0.4, -0.2) is 29.8 Å². The third-order valence-electron chi connectivity index (χ3n) is 3.38. The van der Waals surface area contributed by atoms with Gasteiger partial charge in [0.2, 0.25) is 5.60 Å². The normalized spacial score (nSPS) is 21.6. The Kier molecular flexibility index (Phi) is 3.73. The lowest BCUT2D eigenvalue weighted by molar-refractivity contribution is -0.248. The lowest BCUT2D eigenvalue weighted by atomic mass is 9.83. The summed E-state index contributed by atoms with van der Waals surface area (Å²) in [7, 11) is 0. The summed E-state index contributed by atoms with van der Waals surface area (Å²) in [6.07, 6.45) is -6.26. The molecule has 0 spiro atoms. The molecule has 0 fully saturated rings. The zero-order valence-electron chi connectivity index (χ0n) is 10.3. The van der Waals surface area contributed by atoms with Crippen molar-refractivity contribution < 1.29 is 32.2 Å². The number of hydrogen-bond acceptors (Lipinski definition) is 3. The summed E-state index contributed by atoms with van der Waals surface area (Å²) in [5, 5.41) is 9.48. The molecule has 3 nitrogen and oxygen atoms in total. The molecule has 0 radical (unpaired) electrons. The van der Waals surface area contributed by atoms with Gasteiger partial charge in [-0.15, -0.1) is 0 Å². The van der Waals surface area contributed by atoms with Crippen LogP contribution in [0.3, 0.4) is 0 Å². The molecule has 0 aliphatic carbocycles. The Morgan fingerprint density at radius 2 is 2.10 bits per heavy atom. The number of alkyl halides is 3. The van der Waals surface area contributed by atoms with E-state index in [1.54, 1.807) is 0 Å². The molecule has 1 N–H and O–H groups in total. The minimum atomic E-state index is -5.07. The van der Waals surface area contributed by atoms with Gasteiger partial charge in [-0.25, -0.2) is 4.39 Å². The van der Waals surface area contributed by atoms with Crippen molar-refractivity contribution >= 4 is 6.29 Å². The lowest BCUT2D eigenvalue weighted by Crippen LogP contribution is -2.48. The molecule has 1 aliphatic rings. The molecule has 2 rings (SSSR count). The van der Waals surface area contributed by atoms with Gasteiger partial charge in [-0.2, -0.15) is 13.2 Å². The maximum absolute atomic E-state index is 13.2. The fraction of sp³-hybridized carbons (Fsp3) is 0.462. The topological polar surface area (TPSA) is 46.5 Å². The Morgan fingerprint density at radius 1 is 1.40 bits per heavy atom. The van der Waals surface area contributed by atoms with E-state index in [0.717, 1.165) is 12.1 Å². The number of halogens is 4. The molecule has 110 valence electrons. The molecular formula is C13H12F4O3. The summed E-state index contributed by atoms with van der Waals surface area (Å²) in [5.74, 6) is -1.13. The molecule has 0 bridgehead atoms. The summed E-state index contributed by atoms with van der Waals surface area (Å²) in [5.41, 5.74) is -3.20. The van der Waals surface area contributed by atoms with E-state index in [1.807, 2.05) is 0 Å². The summed E-state index contributed by atoms with van der Waals surface area (Å²) in [6.45, 7) is 0.149. The van der Waals surface area contributed by atoms with Gasteiger partial charge in [-0.3, -0.25) is 4.79 Å². The largest absolute Gasteiger partial charge is 0.493 e. The monoisotopic (exact) mass is 292 g/mol. The van der Waals surface area contributed by atoms with Crippen LogP contribution in [0.25, 0.3) is 0 Å². The van der Waals surface area contributed by atoms with Crippen LogP contribution in [0.15, 0.2) is 18.2 Å². The fourth-order valence-corrected chi connectivity index (χ4v) is 2.25. The van der Waals surface area contributed by atoms with Gasteiger partial charge in [0, 0.05) is 5.56 Å². The molecule has 2 unspecified atom stereocenters. The highest BCUT2D eigenvalue weighted by molar-refractivity contribution is 5.64. The second-order valence-electron chi connectivity index (χ2n) is 4.76. The zero-order valence-corrected chi connectivity index (χ0v) is 10.3. The Labute approximate surface area is 112 Å². The van der Waals surface area contributed by atoms with Gasteiger partial charge in [0.05, 0.1) is 6.61 Å². The van der Waals surface area contributed by atoms with E-state index >= 15 is 0 Å². The molecule has 0 saturated heterocycles. The molecule has 1 aromatic rings. The second-order valence-corrected chi connectivity index (χ2v) is 4.76. The van der Waals surface area contributed by atoms with Crippen LogP contribution in [0.2, 0.25) is 0 Å². The zero-order chi connectivity index (χ0) is 15.0. The van der Waals surface area contributed by atoms with Crippen LogP contribution >= 0.6 is 0 Å². The minimum absolute atomic E-state index is 0.149. The van der Waals surface area contributed by atoms with Gasteiger partial charge in [0.1, 0.15) is 11.6 Å². The standard InChI is InChI=1S/C13H12F4O3/c14-9-1-2-11-10(5-9)8(3-4-20-11)6-12(19,7-18)13(15,16)17/h1-2,5,7-8,19H,3-4,6H2. The van der Waals surface area contributed by atoms with Crippen molar-refractivity contribution in [3.05, 3.63) is 29.6 Å². The van der Waals surface area contributed by atoms with Crippen LogP contribution in [0.4, 0.5) is 17.6 Å². The molecule has 0 amide bonds. The van der Waals surface area contributed by atoms with Gasteiger partial charge >= 0.3 is 6.18 Å². The average molecular weight is 292 g/mol. The summed E-state index contributed by atoms with van der Waals surface area (Å²) >= 11 is 0. The summed E-state index contributed by atoms with van der Waals surface area (Å²) in [6, 6.07) is 3.53. The number of carbonyl (C=O) groups is 1. The van der Waals surface area contributed by atoms with Gasteiger partial charge < -0.3 is 9.84 Å². The van der Waals surface area contributed by atoms with Gasteiger partial charge in [0.15, 0.2) is 6.29 Å². The first-order valence-corrected chi connectivity index (χ1v) is 5.94. The number of carbonyl (C=O) groups excluding carboxylic acids is 1. The van der Waals surface area contributed by atoms with E-state index in [9.17, 15) is 27.5 Å². The van der Waals surface area contributed by atoms with Crippen LogP contribution in [0.1, 0.15) is 24.3 Å². The van der Waals surface area contributed by atoms with E-state index in [0.29, 0.717) is 0 Å². The van der Waals surface area contributed by atoms with Crippen LogP contribution in [0.5, 0.6) is 5.75 Å². The number of benzene rings is 1. The van der Waals surface area contributed by atoms with Crippen molar-refractivity contribution in [2.75, 3.05) is 6.61 Å². The number of fused-ring (bicyclic) bond motifs is 1. The SMILES string of the molecule is O=CC(O)(CC1CCOc2ccc(F)cc21)C(F)(F)F. The van der Waals surface area contributed by atoms with Crippen molar-refractivity contribution in [3.63, 3.8) is 0 Å². The minimum Gasteiger partial charge on any atom is -0.493 e. The maximum Gasteiger partial charge on any atom is 0.424 e. The Hall–Kier alpha value is -1.63. The predicted octanol–water partition coefficient (Wildman–Crippen LogP) is 2.57. The smallest absolute Gasteiger partial charge is 0.424 e. The first-order valence-electron chi connectivity index (χ1n) is 5.94. The summed E-state index contributed by atoms with van der Waals surface area (Å²) < 4.78 is 56.6. The van der Waals surface area contributed by atoms with Gasteiger partial charge in [-0.1, -0.05) is 0 Å². The Balaban J connectivity index is 2.32. The van der Waals surface area contributed by atoms with Crippen LogP contribution in [0, 0.1) is 5.82 Å². The molecule has 1 aromatic carbocycles. The highest BCUT2D eigenvalue weighted by atomic mass is 19.4. The van der Waals surface area contributed by atoms with Crippen molar-refractivity contribution in [1.82, 2.24) is 0 Å². The lowest BCUT2D eigenvalue weighted by Gasteiger charge is -2.32. The highest BCUT2D eigenvalue weighted by Crippen LogP contribution is 2.42. The van der Waals surface area contributed by atoms with Gasteiger partial charge in [-0.05, 0) is 37.0 Å². The number of ether oxygens (including phenoxy) is 1. The maximum atomic E-state index is 13.2. The number of rotatable bonds is 3. The third kappa shape index (κ3) is 2.63. The molecule has 20 heavy (non-hydrogen) atoms. The Bertz CT molecular complexity index is 515. The predicted molar refractivity (Wildman–Crippen MR) is 60.9 cm³/mol. The molecule has 7 heteroatoms. The molecule has 0 aromatic heterocycles. The molecular weight excluding hydrogens is 280 g/mol. The third-order valence-corrected chi connectivity index (χ3v) is 3.38. The fourth-order valence-electron chi connectivity index (χ4n) is 2.25. The highest BCUT2D eigenvalue weighted by Gasteiger charge is 2.55. The first-order chi connectivity index (χ1) is 9.27.